The number of nitriles is 1. The van der Waals surface area contributed by atoms with Crippen LogP contribution in [0.15, 0.2) is 42.5 Å². The Hall–Kier alpha value is -3.53. The Morgan fingerprint density at radius 1 is 1.07 bits per heavy atom. The first-order valence-electron chi connectivity index (χ1n) is 9.76. The van der Waals surface area contributed by atoms with Crippen LogP contribution in [-0.2, 0) is 9.53 Å². The second kappa shape index (κ2) is 10.9. The molecule has 0 saturated carbocycles. The molecular formula is C23H26N2O5. The van der Waals surface area contributed by atoms with Gasteiger partial charge < -0.3 is 19.5 Å². The largest absolute Gasteiger partial charge is 0.490 e. The molecule has 1 atom stereocenters. The summed E-state index contributed by atoms with van der Waals surface area (Å²) in [4.78, 5) is 24.9. The van der Waals surface area contributed by atoms with Crippen LogP contribution in [0.2, 0.25) is 0 Å². The Balaban J connectivity index is 2.07. The molecule has 0 aliphatic heterocycles. The first-order chi connectivity index (χ1) is 14.3. The Labute approximate surface area is 176 Å². The van der Waals surface area contributed by atoms with Gasteiger partial charge in [0.1, 0.15) is 6.07 Å². The van der Waals surface area contributed by atoms with Crippen LogP contribution in [0.25, 0.3) is 0 Å². The minimum absolute atomic E-state index is 0.243. The van der Waals surface area contributed by atoms with Crippen LogP contribution in [0.1, 0.15) is 43.6 Å². The molecule has 0 aromatic heterocycles. The second-order valence-electron chi connectivity index (χ2n) is 6.99. The molecule has 2 aromatic carbocycles. The van der Waals surface area contributed by atoms with Gasteiger partial charge in [-0.3, -0.25) is 4.79 Å². The molecular weight excluding hydrogens is 384 g/mol. The summed E-state index contributed by atoms with van der Waals surface area (Å²) >= 11 is 0. The Morgan fingerprint density at radius 3 is 2.47 bits per heavy atom. The third kappa shape index (κ3) is 6.24. The van der Waals surface area contributed by atoms with E-state index in [0.717, 1.165) is 0 Å². The maximum atomic E-state index is 12.5. The van der Waals surface area contributed by atoms with Gasteiger partial charge in [0.05, 0.1) is 30.0 Å². The number of anilines is 1. The van der Waals surface area contributed by atoms with Crippen molar-refractivity contribution in [3.8, 4) is 17.6 Å². The molecule has 0 aliphatic rings. The van der Waals surface area contributed by atoms with Crippen LogP contribution in [0, 0.1) is 17.2 Å². The number of esters is 1. The number of rotatable bonds is 9. The standard InChI is InChI=1S/C23H26N2O5/c1-5-28-21-12-17(10-11-20(21)29-14-15(2)3)23(27)30-16(4)22(26)25-19-9-7-6-8-18(19)13-24/h6-12,15-16H,5,14H2,1-4H3,(H,25,26)/t16-/m0/s1. The monoisotopic (exact) mass is 410 g/mol. The summed E-state index contributed by atoms with van der Waals surface area (Å²) in [5, 5.41) is 11.7. The van der Waals surface area contributed by atoms with Crippen molar-refractivity contribution in [1.29, 1.82) is 5.26 Å². The summed E-state index contributed by atoms with van der Waals surface area (Å²) in [6, 6.07) is 13.3. The number of benzene rings is 2. The van der Waals surface area contributed by atoms with Gasteiger partial charge in [0.15, 0.2) is 17.6 Å². The first kappa shape index (κ1) is 22.8. The fraction of sp³-hybridized carbons (Fsp3) is 0.348. The smallest absolute Gasteiger partial charge is 0.339 e. The third-order valence-electron chi connectivity index (χ3n) is 4.01. The van der Waals surface area contributed by atoms with E-state index in [0.29, 0.717) is 41.9 Å². The highest BCUT2D eigenvalue weighted by atomic mass is 16.5. The normalized spacial score (nSPS) is 11.3. The minimum Gasteiger partial charge on any atom is -0.490 e. The van der Waals surface area contributed by atoms with Crippen molar-refractivity contribution in [2.75, 3.05) is 18.5 Å². The molecule has 7 nitrogen and oxygen atoms in total. The molecule has 0 heterocycles. The molecule has 0 unspecified atom stereocenters. The average molecular weight is 410 g/mol. The van der Waals surface area contributed by atoms with Crippen LogP contribution < -0.4 is 14.8 Å². The SMILES string of the molecule is CCOc1cc(C(=O)O[C@@H](C)C(=O)Nc2ccccc2C#N)ccc1OCC(C)C. The van der Waals surface area contributed by atoms with Crippen molar-refractivity contribution in [3.63, 3.8) is 0 Å². The van der Waals surface area contributed by atoms with E-state index in [9.17, 15) is 9.59 Å². The molecule has 7 heteroatoms. The van der Waals surface area contributed by atoms with Crippen molar-refractivity contribution < 1.29 is 23.8 Å². The third-order valence-corrected chi connectivity index (χ3v) is 4.01. The van der Waals surface area contributed by atoms with Crippen molar-refractivity contribution in [1.82, 2.24) is 0 Å². The Kier molecular flexibility index (Phi) is 8.24. The van der Waals surface area contributed by atoms with Crippen LogP contribution in [-0.4, -0.2) is 31.2 Å². The number of nitrogens with one attached hydrogen (secondary N) is 1. The van der Waals surface area contributed by atoms with E-state index in [1.54, 1.807) is 36.4 Å². The molecule has 0 saturated heterocycles. The number of hydrogen-bond acceptors (Lipinski definition) is 6. The minimum atomic E-state index is -1.06. The summed E-state index contributed by atoms with van der Waals surface area (Å²) in [5.41, 5.74) is 0.924. The summed E-state index contributed by atoms with van der Waals surface area (Å²) in [6.07, 6.45) is -1.06. The number of carbonyl (C=O) groups is 2. The highest BCUT2D eigenvalue weighted by Crippen LogP contribution is 2.29. The van der Waals surface area contributed by atoms with E-state index in [-0.39, 0.29) is 5.56 Å². The van der Waals surface area contributed by atoms with Gasteiger partial charge in [-0.15, -0.1) is 0 Å². The van der Waals surface area contributed by atoms with E-state index in [1.807, 2.05) is 26.8 Å². The number of hydrogen-bond donors (Lipinski definition) is 1. The van der Waals surface area contributed by atoms with Gasteiger partial charge in [0.2, 0.25) is 0 Å². The van der Waals surface area contributed by atoms with Gasteiger partial charge in [-0.05, 0) is 50.1 Å². The van der Waals surface area contributed by atoms with Gasteiger partial charge in [-0.1, -0.05) is 26.0 Å². The molecule has 0 fully saturated rings. The van der Waals surface area contributed by atoms with Crippen LogP contribution in [0.4, 0.5) is 5.69 Å². The number of nitrogens with zero attached hydrogens (tertiary/aromatic N) is 1. The molecule has 0 radical (unpaired) electrons. The quantitative estimate of drug-likeness (QED) is 0.623. The summed E-state index contributed by atoms with van der Waals surface area (Å²) in [6.45, 7) is 8.30. The van der Waals surface area contributed by atoms with E-state index in [2.05, 4.69) is 5.32 Å². The Morgan fingerprint density at radius 2 is 1.80 bits per heavy atom. The van der Waals surface area contributed by atoms with Gasteiger partial charge >= 0.3 is 5.97 Å². The van der Waals surface area contributed by atoms with Crippen LogP contribution in [0.5, 0.6) is 11.5 Å². The summed E-state index contributed by atoms with van der Waals surface area (Å²) < 4.78 is 16.6. The molecule has 2 aromatic rings. The van der Waals surface area contributed by atoms with Crippen LogP contribution >= 0.6 is 0 Å². The summed E-state index contributed by atoms with van der Waals surface area (Å²) in [7, 11) is 0. The van der Waals surface area contributed by atoms with Crippen molar-refractivity contribution >= 4 is 17.6 Å². The number of carbonyl (C=O) groups excluding carboxylic acids is 2. The lowest BCUT2D eigenvalue weighted by molar-refractivity contribution is -0.123. The molecule has 158 valence electrons. The zero-order chi connectivity index (χ0) is 22.1. The molecule has 1 N–H and O–H groups in total. The van der Waals surface area contributed by atoms with E-state index < -0.39 is 18.0 Å². The van der Waals surface area contributed by atoms with Gasteiger partial charge in [-0.2, -0.15) is 5.26 Å². The van der Waals surface area contributed by atoms with E-state index >= 15 is 0 Å². The first-order valence-corrected chi connectivity index (χ1v) is 9.76. The van der Waals surface area contributed by atoms with E-state index in [1.165, 1.54) is 13.0 Å². The highest BCUT2D eigenvalue weighted by molar-refractivity contribution is 5.98. The lowest BCUT2D eigenvalue weighted by Crippen LogP contribution is -2.30. The number of amides is 1. The van der Waals surface area contributed by atoms with Gasteiger partial charge in [0.25, 0.3) is 5.91 Å². The lowest BCUT2D eigenvalue weighted by atomic mass is 10.2. The predicted octanol–water partition coefficient (Wildman–Crippen LogP) is 4.18. The van der Waals surface area contributed by atoms with E-state index in [4.69, 9.17) is 19.5 Å². The fourth-order valence-corrected chi connectivity index (χ4v) is 2.49. The van der Waals surface area contributed by atoms with Gasteiger partial charge in [0, 0.05) is 0 Å². The molecule has 0 spiro atoms. The highest BCUT2D eigenvalue weighted by Gasteiger charge is 2.21. The molecule has 0 bridgehead atoms. The molecule has 0 aliphatic carbocycles. The zero-order valence-corrected chi connectivity index (χ0v) is 17.6. The topological polar surface area (TPSA) is 97.6 Å². The second-order valence-corrected chi connectivity index (χ2v) is 6.99. The molecule has 2 rings (SSSR count). The van der Waals surface area contributed by atoms with Crippen molar-refractivity contribution in [2.24, 2.45) is 5.92 Å². The Bertz CT molecular complexity index is 933. The van der Waals surface area contributed by atoms with Crippen molar-refractivity contribution in [3.05, 3.63) is 53.6 Å². The fourth-order valence-electron chi connectivity index (χ4n) is 2.49. The average Bonchev–Trinajstić information content (AvgIpc) is 2.73. The number of para-hydroxylation sites is 1. The lowest BCUT2D eigenvalue weighted by Gasteiger charge is -2.16. The van der Waals surface area contributed by atoms with Crippen molar-refractivity contribution in [2.45, 2.75) is 33.8 Å². The maximum Gasteiger partial charge on any atom is 0.339 e. The molecule has 30 heavy (non-hydrogen) atoms. The predicted molar refractivity (Wildman–Crippen MR) is 113 cm³/mol. The number of ether oxygens (including phenoxy) is 3. The summed E-state index contributed by atoms with van der Waals surface area (Å²) in [5.74, 6) is 0.124. The molecule has 1 amide bonds. The maximum absolute atomic E-state index is 12.5. The van der Waals surface area contributed by atoms with Crippen LogP contribution in [0.3, 0.4) is 0 Å². The zero-order valence-electron chi connectivity index (χ0n) is 17.6. The van der Waals surface area contributed by atoms with Gasteiger partial charge in [-0.25, -0.2) is 4.79 Å².